The van der Waals surface area contributed by atoms with Crippen molar-refractivity contribution in [2.45, 2.75) is 39.2 Å². The largest absolute Gasteiger partial charge is 0.396 e. The molecular formula is C17H24N2O3. The Labute approximate surface area is 131 Å². The molecule has 2 amide bonds. The van der Waals surface area contributed by atoms with E-state index in [0.717, 1.165) is 24.8 Å². The van der Waals surface area contributed by atoms with Crippen LogP contribution in [0.5, 0.6) is 0 Å². The highest BCUT2D eigenvalue weighted by atomic mass is 16.3. The van der Waals surface area contributed by atoms with Gasteiger partial charge in [0.05, 0.1) is 13.2 Å². The summed E-state index contributed by atoms with van der Waals surface area (Å²) in [6, 6.07) is 7.21. The normalized spacial score (nSPS) is 24.0. The minimum Gasteiger partial charge on any atom is -0.396 e. The van der Waals surface area contributed by atoms with Crippen LogP contribution in [0.2, 0.25) is 0 Å². The lowest BCUT2D eigenvalue weighted by atomic mass is 9.86. The third-order valence-electron chi connectivity index (χ3n) is 4.47. The molecule has 5 nitrogen and oxygen atoms in total. The van der Waals surface area contributed by atoms with Crippen molar-refractivity contribution in [2.75, 3.05) is 13.2 Å². The summed E-state index contributed by atoms with van der Waals surface area (Å²) in [6.07, 6.45) is 2.77. The second-order valence-electron chi connectivity index (χ2n) is 6.38. The second-order valence-corrected chi connectivity index (χ2v) is 6.38. The average Bonchev–Trinajstić information content (AvgIpc) is 2.86. The van der Waals surface area contributed by atoms with E-state index in [1.54, 1.807) is 12.1 Å². The van der Waals surface area contributed by atoms with Crippen LogP contribution in [0.25, 0.3) is 0 Å². The van der Waals surface area contributed by atoms with E-state index in [1.165, 1.54) is 0 Å². The molecule has 5 heteroatoms. The van der Waals surface area contributed by atoms with Crippen molar-refractivity contribution in [3.8, 4) is 0 Å². The molecule has 22 heavy (non-hydrogen) atoms. The van der Waals surface area contributed by atoms with Crippen LogP contribution >= 0.6 is 0 Å². The fraction of sp³-hybridized carbons (Fsp3) is 0.529. The van der Waals surface area contributed by atoms with Crippen molar-refractivity contribution in [1.82, 2.24) is 10.6 Å². The van der Waals surface area contributed by atoms with Crippen LogP contribution in [-0.4, -0.2) is 36.1 Å². The Balaban J connectivity index is 1.84. The molecule has 2 atom stereocenters. The maximum absolute atomic E-state index is 12.0. The van der Waals surface area contributed by atoms with Gasteiger partial charge in [-0.15, -0.1) is 0 Å². The zero-order chi connectivity index (χ0) is 16.2. The number of aliphatic hydroxyl groups is 1. The molecular weight excluding hydrogens is 280 g/mol. The molecule has 120 valence electrons. The number of hydrogen-bond acceptors (Lipinski definition) is 3. The number of rotatable bonds is 5. The number of aryl methyl sites for hydroxylation is 1. The van der Waals surface area contributed by atoms with Crippen LogP contribution < -0.4 is 10.6 Å². The van der Waals surface area contributed by atoms with Gasteiger partial charge in [0.15, 0.2) is 0 Å². The van der Waals surface area contributed by atoms with E-state index in [0.29, 0.717) is 5.56 Å². The highest BCUT2D eigenvalue weighted by Gasteiger charge is 2.38. The Morgan fingerprint density at radius 2 is 2.18 bits per heavy atom. The van der Waals surface area contributed by atoms with Gasteiger partial charge in [0.25, 0.3) is 5.91 Å². The Morgan fingerprint density at radius 3 is 2.86 bits per heavy atom. The number of hydrogen-bond donors (Lipinski definition) is 3. The summed E-state index contributed by atoms with van der Waals surface area (Å²) in [5.74, 6) is -0.470. The third-order valence-corrected chi connectivity index (χ3v) is 4.47. The first-order valence-corrected chi connectivity index (χ1v) is 7.70. The van der Waals surface area contributed by atoms with Gasteiger partial charge < -0.3 is 15.7 Å². The van der Waals surface area contributed by atoms with Gasteiger partial charge in [-0.05, 0) is 31.9 Å². The number of amides is 2. The predicted octanol–water partition coefficient (Wildman–Crippen LogP) is 1.39. The van der Waals surface area contributed by atoms with Gasteiger partial charge in [-0.25, -0.2) is 0 Å². The summed E-state index contributed by atoms with van der Waals surface area (Å²) in [5, 5.41) is 15.0. The molecule has 0 bridgehead atoms. The first-order chi connectivity index (χ1) is 10.4. The van der Waals surface area contributed by atoms with E-state index in [-0.39, 0.29) is 36.4 Å². The van der Waals surface area contributed by atoms with Crippen LogP contribution in [0.1, 0.15) is 42.1 Å². The maximum atomic E-state index is 12.0. The lowest BCUT2D eigenvalue weighted by molar-refractivity contribution is -0.121. The second kappa shape index (κ2) is 6.92. The fourth-order valence-corrected chi connectivity index (χ4v) is 2.96. The van der Waals surface area contributed by atoms with Crippen molar-refractivity contribution in [3.63, 3.8) is 0 Å². The van der Waals surface area contributed by atoms with Crippen LogP contribution in [0, 0.1) is 12.3 Å². The first-order valence-electron chi connectivity index (χ1n) is 7.70. The van der Waals surface area contributed by atoms with Gasteiger partial charge in [-0.1, -0.05) is 31.0 Å². The molecule has 0 aliphatic heterocycles. The Hall–Kier alpha value is -1.88. The third kappa shape index (κ3) is 3.85. The quantitative estimate of drug-likeness (QED) is 0.769. The number of benzene rings is 1. The molecule has 1 fully saturated rings. The van der Waals surface area contributed by atoms with Crippen LogP contribution in [0.3, 0.4) is 0 Å². The topological polar surface area (TPSA) is 78.4 Å². The van der Waals surface area contributed by atoms with Gasteiger partial charge in [0.1, 0.15) is 0 Å². The number of aliphatic hydroxyl groups excluding tert-OH is 1. The molecule has 1 aliphatic rings. The van der Waals surface area contributed by atoms with Gasteiger partial charge in [-0.2, -0.15) is 0 Å². The van der Waals surface area contributed by atoms with Gasteiger partial charge in [0, 0.05) is 17.0 Å². The Kier molecular flexibility index (Phi) is 5.19. The van der Waals surface area contributed by atoms with Gasteiger partial charge >= 0.3 is 0 Å². The summed E-state index contributed by atoms with van der Waals surface area (Å²) in [5.41, 5.74) is 1.30. The van der Waals surface area contributed by atoms with Gasteiger partial charge in [-0.3, -0.25) is 9.59 Å². The molecule has 1 aromatic rings. The SMILES string of the molecule is Cc1cccc(C(=O)NCC(=O)NC2CCCC2(C)CO)c1. The zero-order valence-electron chi connectivity index (χ0n) is 13.2. The highest BCUT2D eigenvalue weighted by molar-refractivity contribution is 5.96. The lowest BCUT2D eigenvalue weighted by Gasteiger charge is -2.30. The van der Waals surface area contributed by atoms with E-state index in [4.69, 9.17) is 0 Å². The molecule has 0 aromatic heterocycles. The van der Waals surface area contributed by atoms with E-state index >= 15 is 0 Å². The molecule has 1 saturated carbocycles. The average molecular weight is 304 g/mol. The Morgan fingerprint density at radius 1 is 1.41 bits per heavy atom. The summed E-state index contributed by atoms with van der Waals surface area (Å²) in [4.78, 5) is 24.0. The molecule has 1 aliphatic carbocycles. The monoisotopic (exact) mass is 304 g/mol. The summed E-state index contributed by atoms with van der Waals surface area (Å²) in [7, 11) is 0. The zero-order valence-corrected chi connectivity index (χ0v) is 13.2. The Bertz CT molecular complexity index is 559. The van der Waals surface area contributed by atoms with E-state index in [9.17, 15) is 14.7 Å². The first kappa shape index (κ1) is 16.5. The molecule has 0 radical (unpaired) electrons. The van der Waals surface area contributed by atoms with E-state index in [1.807, 2.05) is 26.0 Å². The molecule has 0 spiro atoms. The molecule has 0 heterocycles. The van der Waals surface area contributed by atoms with Gasteiger partial charge in [0.2, 0.25) is 5.91 Å². The summed E-state index contributed by atoms with van der Waals surface area (Å²) < 4.78 is 0. The minimum atomic E-state index is -0.254. The van der Waals surface area contributed by atoms with E-state index < -0.39 is 0 Å². The molecule has 3 N–H and O–H groups in total. The highest BCUT2D eigenvalue weighted by Crippen LogP contribution is 2.37. The van der Waals surface area contributed by atoms with Crippen LogP contribution in [0.4, 0.5) is 0 Å². The molecule has 2 unspecified atom stereocenters. The maximum Gasteiger partial charge on any atom is 0.251 e. The van der Waals surface area contributed by atoms with Crippen molar-refractivity contribution >= 4 is 11.8 Å². The number of carbonyl (C=O) groups excluding carboxylic acids is 2. The molecule has 0 saturated heterocycles. The standard InChI is InChI=1S/C17H24N2O3/c1-12-5-3-6-13(9-12)16(22)18-10-15(21)19-14-7-4-8-17(14,2)11-20/h3,5-6,9,14,20H,4,7-8,10-11H2,1-2H3,(H,18,22)(H,19,21). The van der Waals surface area contributed by atoms with Crippen molar-refractivity contribution in [2.24, 2.45) is 5.41 Å². The molecule has 2 rings (SSSR count). The molecule has 1 aromatic carbocycles. The van der Waals surface area contributed by atoms with Crippen molar-refractivity contribution < 1.29 is 14.7 Å². The number of carbonyl (C=O) groups is 2. The van der Waals surface area contributed by atoms with E-state index in [2.05, 4.69) is 10.6 Å². The smallest absolute Gasteiger partial charge is 0.251 e. The van der Waals surface area contributed by atoms with Crippen molar-refractivity contribution in [1.29, 1.82) is 0 Å². The lowest BCUT2D eigenvalue weighted by Crippen LogP contribution is -2.48. The van der Waals surface area contributed by atoms with Crippen LogP contribution in [-0.2, 0) is 4.79 Å². The fourth-order valence-electron chi connectivity index (χ4n) is 2.96. The van der Waals surface area contributed by atoms with Crippen molar-refractivity contribution in [3.05, 3.63) is 35.4 Å². The minimum absolute atomic E-state index is 0.0270. The predicted molar refractivity (Wildman–Crippen MR) is 84.5 cm³/mol. The summed E-state index contributed by atoms with van der Waals surface area (Å²) >= 11 is 0. The summed E-state index contributed by atoms with van der Waals surface area (Å²) in [6.45, 7) is 3.91. The number of nitrogens with one attached hydrogen (secondary N) is 2. The van der Waals surface area contributed by atoms with Crippen LogP contribution in [0.15, 0.2) is 24.3 Å².